The molecule has 5 nitrogen and oxygen atoms in total. The summed E-state index contributed by atoms with van der Waals surface area (Å²) in [5, 5.41) is 7.62. The van der Waals surface area contributed by atoms with E-state index in [2.05, 4.69) is 46.5 Å². The van der Waals surface area contributed by atoms with Gasteiger partial charge >= 0.3 is 0 Å². The summed E-state index contributed by atoms with van der Waals surface area (Å²) >= 11 is 0. The van der Waals surface area contributed by atoms with Crippen molar-refractivity contribution in [3.63, 3.8) is 0 Å². The largest absolute Gasteiger partial charge is 0.352 e. The molecule has 1 aliphatic heterocycles. The molecule has 1 fully saturated rings. The molecule has 2 unspecified atom stereocenters. The molecule has 0 aliphatic carbocycles. The molecular weight excluding hydrogens is 360 g/mol. The minimum absolute atomic E-state index is 0.122. The molecule has 0 saturated carbocycles. The van der Waals surface area contributed by atoms with Crippen molar-refractivity contribution in [3.8, 4) is 5.69 Å². The SMILES string of the molecule is CC(c1ccccc1)N1CCC(NC(=O)CCc2cnn(-c3ccccc3)c2)C1. The summed E-state index contributed by atoms with van der Waals surface area (Å²) in [4.78, 5) is 14.9. The predicted octanol–water partition coefficient (Wildman–Crippen LogP) is 3.76. The van der Waals surface area contributed by atoms with E-state index in [1.54, 1.807) is 0 Å². The van der Waals surface area contributed by atoms with E-state index in [1.807, 2.05) is 53.5 Å². The van der Waals surface area contributed by atoms with Crippen LogP contribution in [0.15, 0.2) is 73.1 Å². The Morgan fingerprint density at radius 2 is 1.86 bits per heavy atom. The maximum Gasteiger partial charge on any atom is 0.220 e. The lowest BCUT2D eigenvalue weighted by atomic mass is 10.1. The van der Waals surface area contributed by atoms with Crippen LogP contribution in [0.1, 0.15) is 36.9 Å². The summed E-state index contributed by atoms with van der Waals surface area (Å²) in [6.07, 6.45) is 6.05. The molecule has 4 rings (SSSR count). The van der Waals surface area contributed by atoms with Gasteiger partial charge in [0.25, 0.3) is 0 Å². The van der Waals surface area contributed by atoms with Gasteiger partial charge in [0, 0.05) is 37.8 Å². The summed E-state index contributed by atoms with van der Waals surface area (Å²) in [6, 6.07) is 21.2. The Labute approximate surface area is 172 Å². The third kappa shape index (κ3) is 4.93. The number of nitrogens with one attached hydrogen (secondary N) is 1. The molecule has 150 valence electrons. The number of hydrogen-bond acceptors (Lipinski definition) is 3. The molecule has 3 aromatic rings. The van der Waals surface area contributed by atoms with E-state index in [-0.39, 0.29) is 11.9 Å². The van der Waals surface area contributed by atoms with Crippen LogP contribution in [0, 0.1) is 0 Å². The second-order valence-electron chi connectivity index (χ2n) is 7.76. The predicted molar refractivity (Wildman–Crippen MR) is 115 cm³/mol. The van der Waals surface area contributed by atoms with Crippen LogP contribution < -0.4 is 5.32 Å². The van der Waals surface area contributed by atoms with Gasteiger partial charge in [0.05, 0.1) is 11.9 Å². The molecule has 0 radical (unpaired) electrons. The maximum absolute atomic E-state index is 12.4. The molecule has 1 aromatic heterocycles. The van der Waals surface area contributed by atoms with Gasteiger partial charge in [-0.1, -0.05) is 48.5 Å². The summed E-state index contributed by atoms with van der Waals surface area (Å²) < 4.78 is 1.85. The van der Waals surface area contributed by atoms with Crippen LogP contribution in [0.25, 0.3) is 5.69 Å². The van der Waals surface area contributed by atoms with Crippen molar-refractivity contribution >= 4 is 5.91 Å². The van der Waals surface area contributed by atoms with Crippen molar-refractivity contribution in [2.45, 2.75) is 38.3 Å². The fraction of sp³-hybridized carbons (Fsp3) is 0.333. The Morgan fingerprint density at radius 3 is 2.62 bits per heavy atom. The number of carbonyl (C=O) groups is 1. The van der Waals surface area contributed by atoms with Gasteiger partial charge in [-0.25, -0.2) is 4.68 Å². The number of hydrogen-bond donors (Lipinski definition) is 1. The van der Waals surface area contributed by atoms with Crippen molar-refractivity contribution in [1.82, 2.24) is 20.0 Å². The van der Waals surface area contributed by atoms with Gasteiger partial charge < -0.3 is 5.32 Å². The number of aryl methyl sites for hydroxylation is 1. The van der Waals surface area contributed by atoms with E-state index in [1.165, 1.54) is 5.56 Å². The molecule has 1 saturated heterocycles. The minimum atomic E-state index is 0.122. The fourth-order valence-corrected chi connectivity index (χ4v) is 3.97. The Bertz CT molecular complexity index is 922. The standard InChI is InChI=1S/C24H28N4O/c1-19(21-8-4-2-5-9-21)27-15-14-22(18-27)26-24(29)13-12-20-16-25-28(17-20)23-10-6-3-7-11-23/h2-11,16-17,19,22H,12-15,18H2,1H3,(H,26,29). The zero-order chi connectivity index (χ0) is 20.1. The van der Waals surface area contributed by atoms with E-state index in [4.69, 9.17) is 0 Å². The number of para-hydroxylation sites is 1. The number of rotatable bonds is 7. The molecule has 1 amide bonds. The van der Waals surface area contributed by atoms with Crippen molar-refractivity contribution < 1.29 is 4.79 Å². The monoisotopic (exact) mass is 388 g/mol. The Hall–Kier alpha value is -2.92. The first-order valence-corrected chi connectivity index (χ1v) is 10.4. The molecule has 2 aromatic carbocycles. The second kappa shape index (κ2) is 9.05. The summed E-state index contributed by atoms with van der Waals surface area (Å²) in [5.74, 6) is 0.122. The molecule has 0 spiro atoms. The minimum Gasteiger partial charge on any atom is -0.352 e. The van der Waals surface area contributed by atoms with E-state index < -0.39 is 0 Å². The van der Waals surface area contributed by atoms with Gasteiger partial charge in [0.1, 0.15) is 0 Å². The molecule has 29 heavy (non-hydrogen) atoms. The number of amides is 1. The van der Waals surface area contributed by atoms with E-state index in [0.717, 1.165) is 30.8 Å². The number of carbonyl (C=O) groups excluding carboxylic acids is 1. The third-order valence-corrected chi connectivity index (χ3v) is 5.71. The zero-order valence-corrected chi connectivity index (χ0v) is 16.9. The summed E-state index contributed by atoms with van der Waals surface area (Å²) in [6.45, 7) is 4.17. The van der Waals surface area contributed by atoms with E-state index in [9.17, 15) is 4.79 Å². The Kier molecular flexibility index (Phi) is 6.06. The highest BCUT2D eigenvalue weighted by atomic mass is 16.1. The molecule has 2 atom stereocenters. The first kappa shape index (κ1) is 19.4. The lowest BCUT2D eigenvalue weighted by molar-refractivity contribution is -0.121. The molecule has 0 bridgehead atoms. The van der Waals surface area contributed by atoms with Crippen LogP contribution in [-0.4, -0.2) is 39.7 Å². The van der Waals surface area contributed by atoms with Crippen LogP contribution in [0.2, 0.25) is 0 Å². The molecule has 1 N–H and O–H groups in total. The van der Waals surface area contributed by atoms with Gasteiger partial charge in [0.15, 0.2) is 0 Å². The highest BCUT2D eigenvalue weighted by Crippen LogP contribution is 2.24. The highest BCUT2D eigenvalue weighted by Gasteiger charge is 2.27. The second-order valence-corrected chi connectivity index (χ2v) is 7.76. The molecular formula is C24H28N4O. The fourth-order valence-electron chi connectivity index (χ4n) is 3.97. The first-order valence-electron chi connectivity index (χ1n) is 10.4. The topological polar surface area (TPSA) is 50.2 Å². The maximum atomic E-state index is 12.4. The van der Waals surface area contributed by atoms with Gasteiger partial charge in [0.2, 0.25) is 5.91 Å². The van der Waals surface area contributed by atoms with Crippen LogP contribution in [0.5, 0.6) is 0 Å². The van der Waals surface area contributed by atoms with Gasteiger partial charge in [-0.05, 0) is 43.0 Å². The Balaban J connectivity index is 1.24. The van der Waals surface area contributed by atoms with Crippen molar-refractivity contribution in [2.75, 3.05) is 13.1 Å². The first-order chi connectivity index (χ1) is 14.2. The van der Waals surface area contributed by atoms with Crippen molar-refractivity contribution in [2.24, 2.45) is 0 Å². The van der Waals surface area contributed by atoms with Crippen molar-refractivity contribution in [3.05, 3.63) is 84.2 Å². The van der Waals surface area contributed by atoms with Crippen LogP contribution >= 0.6 is 0 Å². The number of benzene rings is 2. The summed E-state index contributed by atoms with van der Waals surface area (Å²) in [5.41, 5.74) is 3.44. The zero-order valence-electron chi connectivity index (χ0n) is 16.9. The number of nitrogens with zero attached hydrogens (tertiary/aromatic N) is 3. The quantitative estimate of drug-likeness (QED) is 0.671. The van der Waals surface area contributed by atoms with Gasteiger partial charge in [-0.15, -0.1) is 0 Å². The highest BCUT2D eigenvalue weighted by molar-refractivity contribution is 5.76. The van der Waals surface area contributed by atoms with Gasteiger partial charge in [-0.3, -0.25) is 9.69 Å². The van der Waals surface area contributed by atoms with Crippen LogP contribution in [0.4, 0.5) is 0 Å². The smallest absolute Gasteiger partial charge is 0.220 e. The number of likely N-dealkylation sites (tertiary alicyclic amines) is 1. The lowest BCUT2D eigenvalue weighted by Gasteiger charge is -2.24. The van der Waals surface area contributed by atoms with Crippen molar-refractivity contribution in [1.29, 1.82) is 0 Å². The molecule has 5 heteroatoms. The van der Waals surface area contributed by atoms with Gasteiger partial charge in [-0.2, -0.15) is 5.10 Å². The lowest BCUT2D eigenvalue weighted by Crippen LogP contribution is -2.37. The van der Waals surface area contributed by atoms with Crippen LogP contribution in [0.3, 0.4) is 0 Å². The average molecular weight is 389 g/mol. The summed E-state index contributed by atoms with van der Waals surface area (Å²) in [7, 11) is 0. The van der Waals surface area contributed by atoms with E-state index in [0.29, 0.717) is 18.9 Å². The third-order valence-electron chi connectivity index (χ3n) is 5.71. The molecule has 1 aliphatic rings. The normalized spacial score (nSPS) is 17.9. The molecule has 2 heterocycles. The number of aromatic nitrogens is 2. The average Bonchev–Trinajstić information content (AvgIpc) is 3.43. The Morgan fingerprint density at radius 1 is 1.14 bits per heavy atom. The van der Waals surface area contributed by atoms with Crippen LogP contribution in [-0.2, 0) is 11.2 Å². The van der Waals surface area contributed by atoms with E-state index >= 15 is 0 Å².